The van der Waals surface area contributed by atoms with E-state index in [9.17, 15) is 9.59 Å². The Morgan fingerprint density at radius 3 is 2.57 bits per heavy atom. The fraction of sp³-hybridized carbons (Fsp3) is 0.217. The predicted molar refractivity (Wildman–Crippen MR) is 122 cm³/mol. The number of nitrogens with zero attached hydrogens (tertiary/aromatic N) is 1. The van der Waals surface area contributed by atoms with Crippen LogP contribution in [0, 0.1) is 6.92 Å². The second kappa shape index (κ2) is 8.93. The minimum atomic E-state index is -0.201. The molecule has 0 spiro atoms. The van der Waals surface area contributed by atoms with Crippen LogP contribution in [0.3, 0.4) is 0 Å². The Bertz CT molecular complexity index is 1090. The van der Waals surface area contributed by atoms with Gasteiger partial charge in [-0.2, -0.15) is 0 Å². The SMILES string of the molecule is Cc1oc(-c2ccccc2)nc1CCC(=O)c1ccc(CC2SC(=S)NC2=O)cc1. The number of ketones is 1. The van der Waals surface area contributed by atoms with Crippen molar-refractivity contribution in [2.24, 2.45) is 0 Å². The van der Waals surface area contributed by atoms with Gasteiger partial charge < -0.3 is 9.73 Å². The number of rotatable bonds is 7. The first-order valence-electron chi connectivity index (χ1n) is 9.65. The lowest BCUT2D eigenvalue weighted by Crippen LogP contribution is -2.25. The number of benzene rings is 2. The predicted octanol–water partition coefficient (Wildman–Crippen LogP) is 4.52. The molecule has 0 saturated carbocycles. The van der Waals surface area contributed by atoms with Crippen molar-refractivity contribution >= 4 is 40.0 Å². The number of carbonyl (C=O) groups excluding carboxylic acids is 2. The van der Waals surface area contributed by atoms with E-state index in [-0.39, 0.29) is 16.9 Å². The molecule has 1 fully saturated rings. The fourth-order valence-electron chi connectivity index (χ4n) is 3.31. The highest BCUT2D eigenvalue weighted by atomic mass is 32.2. The number of carbonyl (C=O) groups is 2. The number of hydrogen-bond donors (Lipinski definition) is 1. The molecule has 1 amide bonds. The normalized spacial score (nSPS) is 16.0. The van der Waals surface area contributed by atoms with E-state index in [1.807, 2.05) is 61.5 Å². The third-order valence-electron chi connectivity index (χ3n) is 4.97. The third-order valence-corrected chi connectivity index (χ3v) is 6.34. The summed E-state index contributed by atoms with van der Waals surface area (Å²) in [4.78, 5) is 29.0. The van der Waals surface area contributed by atoms with E-state index in [0.29, 0.717) is 35.0 Å². The Kier molecular flexibility index (Phi) is 6.11. The van der Waals surface area contributed by atoms with E-state index < -0.39 is 0 Å². The molecule has 1 unspecified atom stereocenters. The molecular formula is C23H20N2O3S2. The molecule has 2 aromatic carbocycles. The van der Waals surface area contributed by atoms with Crippen LogP contribution in [0.15, 0.2) is 59.0 Å². The van der Waals surface area contributed by atoms with Gasteiger partial charge in [0.2, 0.25) is 11.8 Å². The first-order valence-corrected chi connectivity index (χ1v) is 10.9. The molecule has 30 heavy (non-hydrogen) atoms. The fourth-order valence-corrected chi connectivity index (χ4v) is 4.62. The zero-order valence-corrected chi connectivity index (χ0v) is 18.0. The van der Waals surface area contributed by atoms with Gasteiger partial charge in [0.1, 0.15) is 10.1 Å². The zero-order chi connectivity index (χ0) is 21.1. The van der Waals surface area contributed by atoms with Gasteiger partial charge in [-0.15, -0.1) is 0 Å². The molecule has 0 radical (unpaired) electrons. The number of Topliss-reactive ketones (excluding diaryl/α,β-unsaturated/α-hetero) is 1. The number of amides is 1. The Morgan fingerprint density at radius 2 is 1.90 bits per heavy atom. The van der Waals surface area contributed by atoms with Crippen LogP contribution in [-0.4, -0.2) is 26.2 Å². The molecule has 2 heterocycles. The number of thioether (sulfide) groups is 1. The number of aryl methyl sites for hydroxylation is 2. The number of nitrogens with one attached hydrogen (secondary N) is 1. The zero-order valence-electron chi connectivity index (χ0n) is 16.4. The number of oxazole rings is 1. The van der Waals surface area contributed by atoms with E-state index in [4.69, 9.17) is 16.6 Å². The van der Waals surface area contributed by atoms with Crippen LogP contribution in [0.2, 0.25) is 0 Å². The number of thiocarbonyl (C=S) groups is 1. The molecule has 1 N–H and O–H groups in total. The molecule has 0 bridgehead atoms. The van der Waals surface area contributed by atoms with Crippen LogP contribution in [-0.2, 0) is 17.6 Å². The van der Waals surface area contributed by atoms with Crippen LogP contribution in [0.4, 0.5) is 0 Å². The highest BCUT2D eigenvalue weighted by molar-refractivity contribution is 8.24. The molecule has 4 rings (SSSR count). The highest BCUT2D eigenvalue weighted by Crippen LogP contribution is 2.24. The largest absolute Gasteiger partial charge is 0.441 e. The summed E-state index contributed by atoms with van der Waals surface area (Å²) in [5, 5.41) is 2.45. The minimum Gasteiger partial charge on any atom is -0.441 e. The van der Waals surface area contributed by atoms with Gasteiger partial charge in [0, 0.05) is 24.0 Å². The van der Waals surface area contributed by atoms with Gasteiger partial charge in [0.05, 0.1) is 10.9 Å². The first kappa shape index (κ1) is 20.5. The Hall–Kier alpha value is -2.77. The highest BCUT2D eigenvalue weighted by Gasteiger charge is 2.29. The quantitative estimate of drug-likeness (QED) is 0.434. The van der Waals surface area contributed by atoms with E-state index in [1.165, 1.54) is 11.8 Å². The maximum absolute atomic E-state index is 12.6. The molecule has 5 nitrogen and oxygen atoms in total. The summed E-state index contributed by atoms with van der Waals surface area (Å²) in [6.45, 7) is 1.87. The number of aromatic nitrogens is 1. The Balaban J connectivity index is 1.36. The molecule has 1 aliphatic heterocycles. The third kappa shape index (κ3) is 4.68. The average molecular weight is 437 g/mol. The van der Waals surface area contributed by atoms with Crippen LogP contribution in [0.1, 0.15) is 33.8 Å². The topological polar surface area (TPSA) is 72.2 Å². The van der Waals surface area contributed by atoms with Gasteiger partial charge in [-0.05, 0) is 31.0 Å². The maximum Gasteiger partial charge on any atom is 0.239 e. The second-order valence-electron chi connectivity index (χ2n) is 7.10. The smallest absolute Gasteiger partial charge is 0.239 e. The molecule has 1 saturated heterocycles. The van der Waals surface area contributed by atoms with E-state index >= 15 is 0 Å². The van der Waals surface area contributed by atoms with Gasteiger partial charge in [-0.25, -0.2) is 4.98 Å². The van der Waals surface area contributed by atoms with Crippen molar-refractivity contribution in [3.05, 3.63) is 77.2 Å². The van der Waals surface area contributed by atoms with Gasteiger partial charge in [-0.3, -0.25) is 9.59 Å². The molecule has 1 atom stereocenters. The average Bonchev–Trinajstić information content (AvgIpc) is 3.28. The van der Waals surface area contributed by atoms with Crippen molar-refractivity contribution in [3.63, 3.8) is 0 Å². The van der Waals surface area contributed by atoms with Gasteiger partial charge in [-0.1, -0.05) is 66.4 Å². The molecular weight excluding hydrogens is 416 g/mol. The molecule has 0 aliphatic carbocycles. The lowest BCUT2D eigenvalue weighted by atomic mass is 10.0. The summed E-state index contributed by atoms with van der Waals surface area (Å²) in [5.74, 6) is 1.32. The summed E-state index contributed by atoms with van der Waals surface area (Å²) in [6, 6.07) is 17.2. The van der Waals surface area contributed by atoms with Gasteiger partial charge in [0.15, 0.2) is 5.78 Å². The van der Waals surface area contributed by atoms with Crippen LogP contribution >= 0.6 is 24.0 Å². The summed E-state index contributed by atoms with van der Waals surface area (Å²) in [6.07, 6.45) is 1.47. The lowest BCUT2D eigenvalue weighted by molar-refractivity contribution is -0.118. The van der Waals surface area contributed by atoms with Crippen molar-refractivity contribution in [1.82, 2.24) is 10.3 Å². The summed E-state index contributed by atoms with van der Waals surface area (Å²) in [7, 11) is 0. The van der Waals surface area contributed by atoms with Gasteiger partial charge in [0.25, 0.3) is 0 Å². The van der Waals surface area contributed by atoms with Crippen molar-refractivity contribution in [3.8, 4) is 11.5 Å². The Labute approximate surface area is 184 Å². The molecule has 1 aromatic heterocycles. The maximum atomic E-state index is 12.6. The van der Waals surface area contributed by atoms with Crippen molar-refractivity contribution in [2.45, 2.75) is 31.4 Å². The van der Waals surface area contributed by atoms with Crippen LogP contribution in [0.5, 0.6) is 0 Å². The molecule has 7 heteroatoms. The van der Waals surface area contributed by atoms with Gasteiger partial charge >= 0.3 is 0 Å². The summed E-state index contributed by atoms with van der Waals surface area (Å²) >= 11 is 6.40. The summed E-state index contributed by atoms with van der Waals surface area (Å²) in [5.41, 5.74) is 3.38. The first-order chi connectivity index (χ1) is 14.5. The van der Waals surface area contributed by atoms with E-state index in [2.05, 4.69) is 10.3 Å². The van der Waals surface area contributed by atoms with Crippen molar-refractivity contribution < 1.29 is 14.0 Å². The Morgan fingerprint density at radius 1 is 1.17 bits per heavy atom. The molecule has 3 aromatic rings. The molecule has 152 valence electrons. The van der Waals surface area contributed by atoms with E-state index in [0.717, 1.165) is 22.6 Å². The van der Waals surface area contributed by atoms with Crippen LogP contribution in [0.25, 0.3) is 11.5 Å². The van der Waals surface area contributed by atoms with Crippen molar-refractivity contribution in [2.75, 3.05) is 0 Å². The lowest BCUT2D eigenvalue weighted by Gasteiger charge is -2.07. The minimum absolute atomic E-state index is 0.0528. The summed E-state index contributed by atoms with van der Waals surface area (Å²) < 4.78 is 6.29. The second-order valence-corrected chi connectivity index (χ2v) is 8.98. The van der Waals surface area contributed by atoms with Crippen LogP contribution < -0.4 is 5.32 Å². The monoisotopic (exact) mass is 436 g/mol. The standard InChI is InChI=1S/C23H20N2O3S2/c1-14-18(24-22(28-14)17-5-3-2-4-6-17)11-12-19(26)16-9-7-15(8-10-16)13-20-21(27)25-23(29)30-20/h2-10,20H,11-13H2,1H3,(H,25,27,29). The van der Waals surface area contributed by atoms with Crippen molar-refractivity contribution in [1.29, 1.82) is 0 Å². The van der Waals surface area contributed by atoms with E-state index in [1.54, 1.807) is 0 Å². The molecule has 1 aliphatic rings. The number of hydrogen-bond acceptors (Lipinski definition) is 6.